The minimum Gasteiger partial charge on any atom is -0.309 e. The van der Waals surface area contributed by atoms with Crippen molar-refractivity contribution in [3.05, 3.63) is 163 Å². The minimum absolute atomic E-state index is 0.0249. The van der Waals surface area contributed by atoms with Crippen LogP contribution in [0.2, 0.25) is 0 Å². The molecule has 0 spiro atoms. The van der Waals surface area contributed by atoms with Crippen LogP contribution in [0.15, 0.2) is 158 Å². The van der Waals surface area contributed by atoms with E-state index < -0.39 is 0 Å². The number of rotatable bonds is 3. The first kappa shape index (κ1) is 27.6. The second-order valence-corrected chi connectivity index (χ2v) is 13.7. The molecule has 0 saturated carbocycles. The van der Waals surface area contributed by atoms with Gasteiger partial charge in [0.1, 0.15) is 0 Å². The highest BCUT2D eigenvalue weighted by Crippen LogP contribution is 2.46. The van der Waals surface area contributed by atoms with Crippen molar-refractivity contribution in [3.63, 3.8) is 0 Å². The number of nitrogens with zero attached hydrogens (tertiary/aromatic N) is 1. The smallest absolute Gasteiger partial charge is 0.0541 e. The Morgan fingerprint density at radius 3 is 1.60 bits per heavy atom. The van der Waals surface area contributed by atoms with Gasteiger partial charge in [0.25, 0.3) is 0 Å². The predicted molar refractivity (Wildman–Crippen MR) is 203 cm³/mol. The van der Waals surface area contributed by atoms with E-state index in [-0.39, 0.29) is 5.41 Å². The third-order valence-corrected chi connectivity index (χ3v) is 9.94. The van der Waals surface area contributed by atoms with Crippen LogP contribution < -0.4 is 0 Å². The Labute approximate surface area is 275 Å². The van der Waals surface area contributed by atoms with Gasteiger partial charge in [-0.25, -0.2) is 0 Å². The molecule has 0 aliphatic carbocycles. The monoisotopic (exact) mass is 601 g/mol. The van der Waals surface area contributed by atoms with Gasteiger partial charge in [0.05, 0.1) is 11.0 Å². The van der Waals surface area contributed by atoms with E-state index in [0.29, 0.717) is 0 Å². The highest BCUT2D eigenvalue weighted by Gasteiger charge is 2.21. The summed E-state index contributed by atoms with van der Waals surface area (Å²) >= 11 is 0. The second-order valence-electron chi connectivity index (χ2n) is 13.7. The molecule has 9 rings (SSSR count). The van der Waals surface area contributed by atoms with Crippen molar-refractivity contribution in [3.8, 4) is 27.9 Å². The molecule has 8 aromatic carbocycles. The van der Waals surface area contributed by atoms with E-state index in [2.05, 4.69) is 183 Å². The molecule has 0 N–H and O–H groups in total. The van der Waals surface area contributed by atoms with E-state index in [4.69, 9.17) is 0 Å². The molecule has 0 unspecified atom stereocenters. The molecular formula is C46H35N. The molecule has 9 aromatic rings. The quantitative estimate of drug-likeness (QED) is 0.178. The summed E-state index contributed by atoms with van der Waals surface area (Å²) in [4.78, 5) is 0. The molecule has 1 heteroatoms. The SMILES string of the molecule is CC(C)(C)c1ccc2c(-c3cccc4ccccc34)c3ccccc3c(-c3ccc(-n4c5ccccc5c5ccccc54)cc3)c2c1. The number of aromatic nitrogens is 1. The van der Waals surface area contributed by atoms with Crippen LogP contribution in [0.5, 0.6) is 0 Å². The van der Waals surface area contributed by atoms with Crippen LogP contribution in [-0.4, -0.2) is 4.57 Å². The van der Waals surface area contributed by atoms with E-state index >= 15 is 0 Å². The first-order valence-corrected chi connectivity index (χ1v) is 16.5. The van der Waals surface area contributed by atoms with Crippen molar-refractivity contribution in [1.82, 2.24) is 4.57 Å². The number of hydrogen-bond acceptors (Lipinski definition) is 0. The van der Waals surface area contributed by atoms with Crippen LogP contribution in [0.1, 0.15) is 26.3 Å². The van der Waals surface area contributed by atoms with Crippen LogP contribution >= 0.6 is 0 Å². The van der Waals surface area contributed by atoms with Gasteiger partial charge >= 0.3 is 0 Å². The molecule has 0 fully saturated rings. The van der Waals surface area contributed by atoms with Gasteiger partial charge in [-0.1, -0.05) is 148 Å². The zero-order valence-corrected chi connectivity index (χ0v) is 27.0. The van der Waals surface area contributed by atoms with Crippen LogP contribution in [0.25, 0.3) is 82.1 Å². The Hall–Kier alpha value is -5.66. The average molecular weight is 602 g/mol. The molecule has 0 atom stereocenters. The molecule has 0 saturated heterocycles. The van der Waals surface area contributed by atoms with Crippen molar-refractivity contribution in [2.45, 2.75) is 26.2 Å². The van der Waals surface area contributed by atoms with Crippen molar-refractivity contribution >= 4 is 54.1 Å². The molecular weight excluding hydrogens is 567 g/mol. The fourth-order valence-corrected chi connectivity index (χ4v) is 7.67. The molecule has 0 aliphatic rings. The summed E-state index contributed by atoms with van der Waals surface area (Å²) in [5, 5.41) is 10.2. The van der Waals surface area contributed by atoms with Crippen LogP contribution in [0, 0.1) is 0 Å². The molecule has 224 valence electrons. The fraction of sp³-hybridized carbons (Fsp3) is 0.0870. The summed E-state index contributed by atoms with van der Waals surface area (Å²) in [5.41, 5.74) is 10.1. The maximum atomic E-state index is 2.45. The molecule has 1 nitrogen and oxygen atoms in total. The average Bonchev–Trinajstić information content (AvgIpc) is 3.44. The van der Waals surface area contributed by atoms with Gasteiger partial charge in [0.2, 0.25) is 0 Å². The van der Waals surface area contributed by atoms with Crippen molar-refractivity contribution in [1.29, 1.82) is 0 Å². The number of benzene rings is 8. The van der Waals surface area contributed by atoms with Crippen molar-refractivity contribution in [2.75, 3.05) is 0 Å². The van der Waals surface area contributed by atoms with Gasteiger partial charge in [0.15, 0.2) is 0 Å². The lowest BCUT2D eigenvalue weighted by atomic mass is 9.81. The number of fused-ring (bicyclic) bond motifs is 6. The second kappa shape index (κ2) is 10.4. The Morgan fingerprint density at radius 2 is 0.936 bits per heavy atom. The minimum atomic E-state index is 0.0249. The zero-order chi connectivity index (χ0) is 31.7. The summed E-state index contributed by atoms with van der Waals surface area (Å²) < 4.78 is 2.39. The predicted octanol–water partition coefficient (Wildman–Crippen LogP) is 12.9. The third kappa shape index (κ3) is 4.31. The highest BCUT2D eigenvalue weighted by atomic mass is 15.0. The molecule has 0 aliphatic heterocycles. The third-order valence-electron chi connectivity index (χ3n) is 9.94. The summed E-state index contributed by atoms with van der Waals surface area (Å²) in [5.74, 6) is 0. The highest BCUT2D eigenvalue weighted by molar-refractivity contribution is 6.23. The van der Waals surface area contributed by atoms with Crippen molar-refractivity contribution in [2.24, 2.45) is 0 Å². The van der Waals surface area contributed by atoms with E-state index in [0.717, 1.165) is 0 Å². The Balaban J connectivity index is 1.34. The lowest BCUT2D eigenvalue weighted by Gasteiger charge is -2.23. The van der Waals surface area contributed by atoms with E-state index in [1.54, 1.807) is 0 Å². The van der Waals surface area contributed by atoms with E-state index in [9.17, 15) is 0 Å². The van der Waals surface area contributed by atoms with Gasteiger partial charge in [-0.3, -0.25) is 0 Å². The number of hydrogen-bond donors (Lipinski definition) is 0. The maximum Gasteiger partial charge on any atom is 0.0541 e. The van der Waals surface area contributed by atoms with E-state index in [1.165, 1.54) is 87.6 Å². The largest absolute Gasteiger partial charge is 0.309 e. The summed E-state index contributed by atoms with van der Waals surface area (Å²) in [6, 6.07) is 58.3. The molecule has 1 heterocycles. The van der Waals surface area contributed by atoms with Gasteiger partial charge < -0.3 is 4.57 Å². The van der Waals surface area contributed by atoms with Crippen LogP contribution in [-0.2, 0) is 5.41 Å². The fourth-order valence-electron chi connectivity index (χ4n) is 7.67. The first-order valence-electron chi connectivity index (χ1n) is 16.5. The first-order chi connectivity index (χ1) is 23.0. The van der Waals surface area contributed by atoms with Gasteiger partial charge in [0, 0.05) is 16.5 Å². The zero-order valence-electron chi connectivity index (χ0n) is 27.0. The normalized spacial score (nSPS) is 12.1. The standard InChI is InChI=1S/C46H35N/c1-46(2,3)32-25-28-40-41(29-32)44(38-18-6-7-19-39(38)45(40)37-20-12-14-30-13-4-5-15-34(30)37)31-23-26-33(27-24-31)47-42-21-10-8-16-35(42)36-17-9-11-22-43(36)47/h4-29H,1-3H3. The number of para-hydroxylation sites is 2. The van der Waals surface area contributed by atoms with Crippen LogP contribution in [0.3, 0.4) is 0 Å². The Morgan fingerprint density at radius 1 is 0.404 bits per heavy atom. The van der Waals surface area contributed by atoms with Gasteiger partial charge in [-0.2, -0.15) is 0 Å². The Kier molecular flexibility index (Phi) is 6.14. The van der Waals surface area contributed by atoms with Crippen molar-refractivity contribution < 1.29 is 0 Å². The molecule has 1 aromatic heterocycles. The maximum absolute atomic E-state index is 2.45. The topological polar surface area (TPSA) is 4.93 Å². The van der Waals surface area contributed by atoms with Gasteiger partial charge in [-0.15, -0.1) is 0 Å². The molecule has 0 bridgehead atoms. The Bertz CT molecular complexity index is 2590. The van der Waals surface area contributed by atoms with Crippen LogP contribution in [0.4, 0.5) is 0 Å². The van der Waals surface area contributed by atoms with Gasteiger partial charge in [-0.05, 0) is 95.9 Å². The van der Waals surface area contributed by atoms with E-state index in [1.807, 2.05) is 0 Å². The summed E-state index contributed by atoms with van der Waals surface area (Å²) in [6.07, 6.45) is 0. The summed E-state index contributed by atoms with van der Waals surface area (Å²) in [6.45, 7) is 6.92. The molecule has 47 heavy (non-hydrogen) atoms. The lowest BCUT2D eigenvalue weighted by Crippen LogP contribution is -2.10. The molecule has 0 amide bonds. The molecule has 0 radical (unpaired) electrons. The summed E-state index contributed by atoms with van der Waals surface area (Å²) in [7, 11) is 0. The lowest BCUT2D eigenvalue weighted by molar-refractivity contribution is 0.591.